The van der Waals surface area contributed by atoms with Crippen LogP contribution in [0.3, 0.4) is 0 Å². The molecule has 30 heavy (non-hydrogen) atoms. The molecule has 0 radical (unpaired) electrons. The average molecular weight is 441 g/mol. The number of thiazole rings is 1. The van der Waals surface area contributed by atoms with E-state index in [1.807, 2.05) is 19.1 Å². The second-order valence-electron chi connectivity index (χ2n) is 8.01. The summed E-state index contributed by atoms with van der Waals surface area (Å²) in [5.74, 6) is 0. The Balaban J connectivity index is 1.41. The van der Waals surface area contributed by atoms with Gasteiger partial charge in [-0.2, -0.15) is 0 Å². The Morgan fingerprint density at radius 3 is 2.33 bits per heavy atom. The lowest BCUT2D eigenvalue weighted by Crippen LogP contribution is -2.39. The fraction of sp³-hybridized carbons (Fsp3) is 0.375. The molecule has 0 unspecified atom stereocenters. The maximum atomic E-state index is 13.0. The summed E-state index contributed by atoms with van der Waals surface area (Å²) in [6, 6.07) is 15.8. The maximum Gasteiger partial charge on any atom is 0.185 e. The van der Waals surface area contributed by atoms with Crippen LogP contribution in [0.1, 0.15) is 37.3 Å². The summed E-state index contributed by atoms with van der Waals surface area (Å²) in [7, 11) is -3.27. The lowest BCUT2D eigenvalue weighted by Gasteiger charge is -2.31. The molecule has 0 saturated carbocycles. The van der Waals surface area contributed by atoms with Crippen molar-refractivity contribution in [1.82, 2.24) is 4.98 Å². The van der Waals surface area contributed by atoms with E-state index in [0.29, 0.717) is 17.7 Å². The van der Waals surface area contributed by atoms with Crippen LogP contribution in [0.2, 0.25) is 0 Å². The third-order valence-electron chi connectivity index (χ3n) is 5.78. The molecule has 0 atom stereocenters. The number of hydrogen-bond acceptors (Lipinski definition) is 5. The normalized spacial score (nSPS) is 15.5. The predicted molar refractivity (Wildman–Crippen MR) is 125 cm³/mol. The zero-order chi connectivity index (χ0) is 21.1. The average Bonchev–Trinajstić information content (AvgIpc) is 3.25. The number of sulfone groups is 1. The topological polar surface area (TPSA) is 50.3 Å². The lowest BCUT2D eigenvalue weighted by molar-refractivity contribution is 0.529. The van der Waals surface area contributed by atoms with E-state index in [1.165, 1.54) is 5.56 Å². The Bertz CT molecular complexity index is 1080. The number of aryl methyl sites for hydroxylation is 2. The summed E-state index contributed by atoms with van der Waals surface area (Å²) < 4.78 is 25.9. The molecule has 3 aromatic rings. The number of benzene rings is 2. The zero-order valence-electron chi connectivity index (χ0n) is 17.5. The van der Waals surface area contributed by atoms with Gasteiger partial charge in [0.15, 0.2) is 15.0 Å². The van der Waals surface area contributed by atoms with Crippen LogP contribution < -0.4 is 4.90 Å². The van der Waals surface area contributed by atoms with Crippen LogP contribution in [0.15, 0.2) is 58.8 Å². The number of anilines is 1. The molecule has 2 aromatic carbocycles. The maximum absolute atomic E-state index is 13.0. The Labute approximate surface area is 183 Å². The van der Waals surface area contributed by atoms with E-state index < -0.39 is 9.84 Å². The highest BCUT2D eigenvalue weighted by Gasteiger charge is 2.32. The molecule has 4 rings (SSSR count). The summed E-state index contributed by atoms with van der Waals surface area (Å²) in [5.41, 5.74) is 4.55. The van der Waals surface area contributed by atoms with Gasteiger partial charge >= 0.3 is 0 Å². The summed E-state index contributed by atoms with van der Waals surface area (Å²) >= 11 is 1.64. The molecular formula is C24H28N2O2S2. The van der Waals surface area contributed by atoms with Crippen molar-refractivity contribution < 1.29 is 8.42 Å². The highest BCUT2D eigenvalue weighted by atomic mass is 32.2. The number of hydrogen-bond donors (Lipinski definition) is 0. The third-order valence-corrected chi connectivity index (χ3v) is 8.96. The highest BCUT2D eigenvalue weighted by molar-refractivity contribution is 7.92. The predicted octanol–water partition coefficient (Wildman–Crippen LogP) is 5.51. The molecular weight excluding hydrogens is 412 g/mol. The summed E-state index contributed by atoms with van der Waals surface area (Å²) in [5, 5.41) is 2.76. The van der Waals surface area contributed by atoms with E-state index in [4.69, 9.17) is 4.98 Å². The van der Waals surface area contributed by atoms with Gasteiger partial charge in [-0.05, 0) is 43.9 Å². The first-order chi connectivity index (χ1) is 14.5. The van der Waals surface area contributed by atoms with Crippen LogP contribution in [0, 0.1) is 6.92 Å². The van der Waals surface area contributed by atoms with Crippen molar-refractivity contribution in [3.8, 4) is 11.3 Å². The molecule has 1 saturated heterocycles. The molecule has 1 fully saturated rings. The van der Waals surface area contributed by atoms with E-state index >= 15 is 0 Å². The van der Waals surface area contributed by atoms with Crippen LogP contribution in [0.25, 0.3) is 11.3 Å². The minimum Gasteiger partial charge on any atom is -0.348 e. The first kappa shape index (κ1) is 21.1. The second-order valence-corrected chi connectivity index (χ2v) is 11.1. The molecule has 2 heterocycles. The lowest BCUT2D eigenvalue weighted by atomic mass is 10.1. The Kier molecular flexibility index (Phi) is 6.25. The molecule has 0 amide bonds. The van der Waals surface area contributed by atoms with Gasteiger partial charge in [0.05, 0.1) is 15.8 Å². The van der Waals surface area contributed by atoms with Gasteiger partial charge in [-0.25, -0.2) is 13.4 Å². The van der Waals surface area contributed by atoms with E-state index in [9.17, 15) is 8.42 Å². The smallest absolute Gasteiger partial charge is 0.185 e. The minimum absolute atomic E-state index is 0.318. The van der Waals surface area contributed by atoms with Crippen molar-refractivity contribution in [2.45, 2.75) is 49.7 Å². The Hall–Kier alpha value is -2.18. The first-order valence-corrected chi connectivity index (χ1v) is 13.0. The quantitative estimate of drug-likeness (QED) is 0.507. The van der Waals surface area contributed by atoms with E-state index in [-0.39, 0.29) is 5.25 Å². The van der Waals surface area contributed by atoms with Crippen molar-refractivity contribution in [1.29, 1.82) is 0 Å². The molecule has 6 heteroatoms. The molecule has 1 aliphatic heterocycles. The second kappa shape index (κ2) is 8.90. The highest BCUT2D eigenvalue weighted by Crippen LogP contribution is 2.32. The third kappa shape index (κ3) is 4.44. The number of piperidine rings is 1. The van der Waals surface area contributed by atoms with Crippen molar-refractivity contribution in [2.75, 3.05) is 18.0 Å². The fourth-order valence-corrected chi connectivity index (χ4v) is 6.57. The fourth-order valence-electron chi connectivity index (χ4n) is 3.95. The van der Waals surface area contributed by atoms with Crippen LogP contribution in [-0.4, -0.2) is 31.7 Å². The van der Waals surface area contributed by atoms with Crippen LogP contribution in [-0.2, 0) is 16.3 Å². The molecule has 1 aromatic heterocycles. The summed E-state index contributed by atoms with van der Waals surface area (Å²) in [6.45, 7) is 5.60. The standard InChI is InChI=1S/C24H28N2O2S2/c1-3-4-19-7-9-20(10-8-19)23-17-29-24(25-23)26-15-13-22(14-16-26)30(27,28)21-11-5-18(2)6-12-21/h5-12,17,22H,3-4,13-16H2,1-2H3. The number of nitrogens with zero attached hydrogens (tertiary/aromatic N) is 2. The van der Waals surface area contributed by atoms with Crippen LogP contribution >= 0.6 is 11.3 Å². The minimum atomic E-state index is -3.27. The Morgan fingerprint density at radius 2 is 1.70 bits per heavy atom. The number of rotatable bonds is 6. The van der Waals surface area contributed by atoms with Gasteiger partial charge in [0.1, 0.15) is 0 Å². The van der Waals surface area contributed by atoms with E-state index in [1.54, 1.807) is 23.5 Å². The molecule has 4 nitrogen and oxygen atoms in total. The van der Waals surface area contributed by atoms with Crippen molar-refractivity contribution in [3.63, 3.8) is 0 Å². The van der Waals surface area contributed by atoms with Gasteiger partial charge in [-0.1, -0.05) is 55.3 Å². The summed E-state index contributed by atoms with van der Waals surface area (Å²) in [4.78, 5) is 7.49. The molecule has 158 valence electrons. The van der Waals surface area contributed by atoms with Gasteiger partial charge in [0.25, 0.3) is 0 Å². The number of aromatic nitrogens is 1. The molecule has 0 N–H and O–H groups in total. The van der Waals surface area contributed by atoms with Gasteiger partial charge in [-0.15, -0.1) is 11.3 Å². The Morgan fingerprint density at radius 1 is 1.03 bits per heavy atom. The van der Waals surface area contributed by atoms with E-state index in [2.05, 4.69) is 41.5 Å². The zero-order valence-corrected chi connectivity index (χ0v) is 19.2. The van der Waals surface area contributed by atoms with Crippen LogP contribution in [0.5, 0.6) is 0 Å². The van der Waals surface area contributed by atoms with Crippen molar-refractivity contribution >= 4 is 26.3 Å². The van der Waals surface area contributed by atoms with Gasteiger partial charge < -0.3 is 4.90 Å². The van der Waals surface area contributed by atoms with Crippen molar-refractivity contribution in [2.24, 2.45) is 0 Å². The molecule has 0 aliphatic carbocycles. The van der Waals surface area contributed by atoms with E-state index in [0.717, 1.165) is 47.9 Å². The monoisotopic (exact) mass is 440 g/mol. The summed E-state index contributed by atoms with van der Waals surface area (Å²) in [6.07, 6.45) is 3.52. The SMILES string of the molecule is CCCc1ccc(-c2csc(N3CCC(S(=O)(=O)c4ccc(C)cc4)CC3)n2)cc1. The van der Waals surface area contributed by atoms with Crippen molar-refractivity contribution in [3.05, 3.63) is 65.0 Å². The van der Waals surface area contributed by atoms with Gasteiger partial charge in [0.2, 0.25) is 0 Å². The molecule has 0 bridgehead atoms. The largest absolute Gasteiger partial charge is 0.348 e. The first-order valence-electron chi connectivity index (χ1n) is 10.6. The van der Waals surface area contributed by atoms with Gasteiger partial charge in [-0.3, -0.25) is 0 Å². The van der Waals surface area contributed by atoms with Crippen LogP contribution in [0.4, 0.5) is 5.13 Å². The van der Waals surface area contributed by atoms with Gasteiger partial charge in [0, 0.05) is 24.0 Å². The molecule has 0 spiro atoms. The molecule has 1 aliphatic rings.